The van der Waals surface area contributed by atoms with Crippen LogP contribution >= 0.6 is 0 Å². The average molecular weight is 262 g/mol. The molecule has 0 amide bonds. The first-order valence-electron chi connectivity index (χ1n) is 4.53. The summed E-state index contributed by atoms with van der Waals surface area (Å²) in [6.45, 7) is 0. The van der Waals surface area contributed by atoms with Crippen molar-refractivity contribution in [1.82, 2.24) is 0 Å². The zero-order chi connectivity index (χ0) is 13.6. The molecule has 0 radical (unpaired) electrons. The van der Waals surface area contributed by atoms with Crippen LogP contribution in [0.3, 0.4) is 0 Å². The molecule has 0 saturated carbocycles. The predicted molar refractivity (Wildman–Crippen MR) is 50.7 cm³/mol. The lowest BCUT2D eigenvalue weighted by molar-refractivity contribution is 0.0691. The van der Waals surface area contributed by atoms with Gasteiger partial charge in [0.2, 0.25) is 0 Å². The summed E-state index contributed by atoms with van der Waals surface area (Å²) < 4.78 is 66.1. The van der Waals surface area contributed by atoms with Gasteiger partial charge in [-0.05, 0) is 6.07 Å². The fraction of sp³-hybridized carbons (Fsp3) is 0. The number of carbonyl (C=O) groups is 1. The third kappa shape index (κ3) is 1.59. The lowest BCUT2D eigenvalue weighted by Gasteiger charge is -2.07. The summed E-state index contributed by atoms with van der Waals surface area (Å²) in [4.78, 5) is 10.6. The molecule has 0 saturated heterocycles. The SMILES string of the molecule is O=C(O)c1cc2c(F)c(F)cc(F)c2c(F)c1F. The topological polar surface area (TPSA) is 37.3 Å². The molecule has 2 aromatic carbocycles. The van der Waals surface area contributed by atoms with Gasteiger partial charge in [0.1, 0.15) is 5.82 Å². The van der Waals surface area contributed by atoms with Gasteiger partial charge in [0.25, 0.3) is 0 Å². The summed E-state index contributed by atoms with van der Waals surface area (Å²) in [6, 6.07) is 0.401. The Morgan fingerprint density at radius 3 is 2.06 bits per heavy atom. The van der Waals surface area contributed by atoms with E-state index in [0.29, 0.717) is 6.07 Å². The van der Waals surface area contributed by atoms with E-state index in [1.807, 2.05) is 0 Å². The number of aromatic carboxylic acids is 1. The van der Waals surface area contributed by atoms with Gasteiger partial charge in [-0.2, -0.15) is 0 Å². The van der Waals surface area contributed by atoms with Crippen LogP contribution in [-0.4, -0.2) is 11.1 Å². The zero-order valence-electron chi connectivity index (χ0n) is 8.40. The van der Waals surface area contributed by atoms with Crippen LogP contribution in [0.25, 0.3) is 10.8 Å². The Hall–Kier alpha value is -2.18. The monoisotopic (exact) mass is 262 g/mol. The molecule has 2 aromatic rings. The number of halogens is 5. The zero-order valence-corrected chi connectivity index (χ0v) is 8.40. The molecule has 0 fully saturated rings. The van der Waals surface area contributed by atoms with E-state index in [0.717, 1.165) is 0 Å². The maximum Gasteiger partial charge on any atom is 0.338 e. The van der Waals surface area contributed by atoms with E-state index in [9.17, 15) is 26.7 Å². The number of benzene rings is 2. The molecular formula is C11H3F5O2. The molecule has 0 unspecified atom stereocenters. The van der Waals surface area contributed by atoms with Gasteiger partial charge >= 0.3 is 5.97 Å². The normalized spacial score (nSPS) is 10.9. The molecule has 0 aliphatic carbocycles. The maximum absolute atomic E-state index is 13.4. The van der Waals surface area contributed by atoms with Crippen molar-refractivity contribution in [3.63, 3.8) is 0 Å². The van der Waals surface area contributed by atoms with E-state index in [1.54, 1.807) is 0 Å². The second-order valence-corrected chi connectivity index (χ2v) is 3.43. The quantitative estimate of drug-likeness (QED) is 0.632. The van der Waals surface area contributed by atoms with E-state index in [1.165, 1.54) is 0 Å². The first-order valence-corrected chi connectivity index (χ1v) is 4.53. The predicted octanol–water partition coefficient (Wildman–Crippen LogP) is 3.23. The van der Waals surface area contributed by atoms with Gasteiger partial charge in [-0.25, -0.2) is 26.7 Å². The molecule has 0 atom stereocenters. The molecular weight excluding hydrogens is 259 g/mol. The summed E-state index contributed by atoms with van der Waals surface area (Å²) in [5.41, 5.74) is -1.20. The van der Waals surface area contributed by atoms with Gasteiger partial charge in [-0.3, -0.25) is 0 Å². The second-order valence-electron chi connectivity index (χ2n) is 3.43. The number of hydrogen-bond donors (Lipinski definition) is 1. The Bertz CT molecular complexity index is 681. The van der Waals surface area contributed by atoms with Crippen molar-refractivity contribution in [2.75, 3.05) is 0 Å². The molecule has 0 heterocycles. The Morgan fingerprint density at radius 2 is 1.50 bits per heavy atom. The number of hydrogen-bond acceptors (Lipinski definition) is 1. The van der Waals surface area contributed by atoms with Crippen molar-refractivity contribution in [3.05, 3.63) is 46.8 Å². The summed E-state index contributed by atoms with van der Waals surface area (Å²) in [6.07, 6.45) is 0. The summed E-state index contributed by atoms with van der Waals surface area (Å²) in [5.74, 6) is -10.4. The van der Waals surface area contributed by atoms with Gasteiger partial charge in [-0.15, -0.1) is 0 Å². The summed E-state index contributed by atoms with van der Waals surface area (Å²) in [5, 5.41) is 6.47. The van der Waals surface area contributed by atoms with E-state index < -0.39 is 51.4 Å². The fourth-order valence-electron chi connectivity index (χ4n) is 1.56. The molecule has 94 valence electrons. The van der Waals surface area contributed by atoms with Crippen molar-refractivity contribution >= 4 is 16.7 Å². The molecule has 0 aromatic heterocycles. The van der Waals surface area contributed by atoms with Crippen LogP contribution in [0, 0.1) is 29.1 Å². The van der Waals surface area contributed by atoms with Gasteiger partial charge in [0.05, 0.1) is 10.9 Å². The van der Waals surface area contributed by atoms with Crippen LogP contribution in [0.1, 0.15) is 10.4 Å². The number of carboxylic acid groups (broad SMARTS) is 1. The first-order chi connectivity index (χ1) is 8.34. The largest absolute Gasteiger partial charge is 0.478 e. The summed E-state index contributed by atoms with van der Waals surface area (Å²) in [7, 11) is 0. The molecule has 18 heavy (non-hydrogen) atoms. The van der Waals surface area contributed by atoms with Crippen molar-refractivity contribution in [2.24, 2.45) is 0 Å². The van der Waals surface area contributed by atoms with Crippen LogP contribution < -0.4 is 0 Å². The molecule has 2 rings (SSSR count). The van der Waals surface area contributed by atoms with Crippen molar-refractivity contribution in [2.45, 2.75) is 0 Å². The van der Waals surface area contributed by atoms with Gasteiger partial charge in [0.15, 0.2) is 23.3 Å². The van der Waals surface area contributed by atoms with Crippen LogP contribution in [0.4, 0.5) is 22.0 Å². The molecule has 2 nitrogen and oxygen atoms in total. The van der Waals surface area contributed by atoms with Crippen molar-refractivity contribution in [1.29, 1.82) is 0 Å². The second kappa shape index (κ2) is 3.94. The lowest BCUT2D eigenvalue weighted by atomic mass is 10.0. The molecule has 0 spiro atoms. The highest BCUT2D eigenvalue weighted by Gasteiger charge is 2.24. The average Bonchev–Trinajstić information content (AvgIpc) is 2.29. The Labute approximate surface area is 96.3 Å². The fourth-order valence-corrected chi connectivity index (χ4v) is 1.56. The van der Waals surface area contributed by atoms with Gasteiger partial charge in [-0.1, -0.05) is 0 Å². The highest BCUT2D eigenvalue weighted by Crippen LogP contribution is 2.29. The number of rotatable bonds is 1. The Morgan fingerprint density at radius 1 is 0.889 bits per heavy atom. The number of fused-ring (bicyclic) bond motifs is 1. The first kappa shape index (κ1) is 12.3. The van der Waals surface area contributed by atoms with Crippen LogP contribution in [-0.2, 0) is 0 Å². The third-order valence-corrected chi connectivity index (χ3v) is 2.38. The minimum absolute atomic E-state index is 0.0562. The standard InChI is InChI=1S/C11H3F5O2/c12-5-2-6(13)8(14)3-1-4(11(17)18)9(15)10(16)7(3)5/h1-2H,(H,17,18). The Balaban J connectivity index is 3.04. The van der Waals surface area contributed by atoms with E-state index in [-0.39, 0.29) is 6.07 Å². The lowest BCUT2D eigenvalue weighted by Crippen LogP contribution is -2.05. The molecule has 1 N–H and O–H groups in total. The smallest absolute Gasteiger partial charge is 0.338 e. The third-order valence-electron chi connectivity index (χ3n) is 2.38. The highest BCUT2D eigenvalue weighted by molar-refractivity contribution is 5.95. The molecule has 0 aliphatic heterocycles. The van der Waals surface area contributed by atoms with Crippen molar-refractivity contribution in [3.8, 4) is 0 Å². The van der Waals surface area contributed by atoms with E-state index >= 15 is 0 Å². The van der Waals surface area contributed by atoms with Crippen LogP contribution in [0.15, 0.2) is 12.1 Å². The Kier molecular flexibility index (Phi) is 2.68. The summed E-state index contributed by atoms with van der Waals surface area (Å²) >= 11 is 0. The van der Waals surface area contributed by atoms with E-state index in [2.05, 4.69) is 0 Å². The molecule has 0 aliphatic rings. The van der Waals surface area contributed by atoms with E-state index in [4.69, 9.17) is 5.11 Å². The minimum atomic E-state index is -1.88. The maximum atomic E-state index is 13.4. The highest BCUT2D eigenvalue weighted by atomic mass is 19.2. The van der Waals surface area contributed by atoms with Crippen LogP contribution in [0.2, 0.25) is 0 Å². The van der Waals surface area contributed by atoms with Crippen molar-refractivity contribution < 1.29 is 31.9 Å². The molecule has 0 bridgehead atoms. The minimum Gasteiger partial charge on any atom is -0.478 e. The van der Waals surface area contributed by atoms with Gasteiger partial charge in [0, 0.05) is 11.5 Å². The number of carboxylic acids is 1. The van der Waals surface area contributed by atoms with Crippen LogP contribution in [0.5, 0.6) is 0 Å². The van der Waals surface area contributed by atoms with Gasteiger partial charge < -0.3 is 5.11 Å². The molecule has 7 heteroatoms.